The molecule has 0 saturated carbocycles. The molecule has 0 spiro atoms. The van der Waals surface area contributed by atoms with Crippen LogP contribution in [0.4, 0.5) is 13.2 Å². The molecule has 0 aliphatic rings. The Hall–Kier alpha value is -2.02. The Kier molecular flexibility index (Phi) is 3.75. The van der Waals surface area contributed by atoms with Gasteiger partial charge in [-0.2, -0.15) is 4.39 Å². The topological polar surface area (TPSA) is 56.0 Å². The lowest BCUT2D eigenvalue weighted by molar-refractivity contribution is 0.0997. The maximum atomic E-state index is 13.5. The van der Waals surface area contributed by atoms with Crippen molar-refractivity contribution in [3.63, 3.8) is 0 Å². The Bertz CT molecular complexity index is 649. The number of nitrogens with two attached hydrogens (primary N) is 1. The molecule has 3 nitrogen and oxygen atoms in total. The largest absolute Gasteiger partial charge is 0.366 e. The predicted octanol–water partition coefficient (Wildman–Crippen LogP) is 2.75. The average molecular weight is 284 g/mol. The van der Waals surface area contributed by atoms with Gasteiger partial charge in [-0.3, -0.25) is 4.79 Å². The monoisotopic (exact) mass is 284 g/mol. The first kappa shape index (κ1) is 13.4. The van der Waals surface area contributed by atoms with Gasteiger partial charge in [0.15, 0.2) is 11.6 Å². The zero-order valence-electron chi connectivity index (χ0n) is 9.36. The van der Waals surface area contributed by atoms with Crippen molar-refractivity contribution in [2.75, 3.05) is 0 Å². The van der Waals surface area contributed by atoms with Gasteiger partial charge in [-0.15, -0.1) is 0 Å². The van der Waals surface area contributed by atoms with Crippen LogP contribution in [0.15, 0.2) is 40.3 Å². The highest BCUT2D eigenvalue weighted by molar-refractivity contribution is 7.99. The molecule has 1 heterocycles. The molecule has 0 fully saturated rings. The third kappa shape index (κ3) is 2.70. The number of carbonyl (C=O) groups is 1. The maximum absolute atomic E-state index is 13.5. The summed E-state index contributed by atoms with van der Waals surface area (Å²) in [6.45, 7) is 0. The van der Waals surface area contributed by atoms with Gasteiger partial charge in [-0.05, 0) is 12.1 Å². The molecule has 2 rings (SSSR count). The lowest BCUT2D eigenvalue weighted by atomic mass is 10.2. The van der Waals surface area contributed by atoms with Crippen molar-refractivity contribution in [3.05, 3.63) is 53.6 Å². The fraction of sp³-hybridized carbons (Fsp3) is 0. The fourth-order valence-electron chi connectivity index (χ4n) is 1.39. The van der Waals surface area contributed by atoms with Crippen LogP contribution < -0.4 is 5.73 Å². The summed E-state index contributed by atoms with van der Waals surface area (Å²) in [7, 11) is 0. The lowest BCUT2D eigenvalue weighted by Crippen LogP contribution is -2.12. The molecule has 2 aromatic rings. The normalized spacial score (nSPS) is 10.5. The molecule has 0 unspecified atom stereocenters. The highest BCUT2D eigenvalue weighted by Gasteiger charge is 2.18. The molecule has 7 heteroatoms. The van der Waals surface area contributed by atoms with Crippen molar-refractivity contribution < 1.29 is 18.0 Å². The molecule has 0 atom stereocenters. The van der Waals surface area contributed by atoms with E-state index in [0.29, 0.717) is 18.0 Å². The predicted molar refractivity (Wildman–Crippen MR) is 63.2 cm³/mol. The van der Waals surface area contributed by atoms with Crippen molar-refractivity contribution in [1.82, 2.24) is 4.98 Å². The number of hydrogen-bond acceptors (Lipinski definition) is 3. The first-order valence-electron chi connectivity index (χ1n) is 5.07. The number of primary amides is 1. The number of carbonyl (C=O) groups excluding carboxylic acids is 1. The highest BCUT2D eigenvalue weighted by atomic mass is 32.2. The van der Waals surface area contributed by atoms with Gasteiger partial charge in [0.05, 0.1) is 16.7 Å². The van der Waals surface area contributed by atoms with Crippen molar-refractivity contribution in [2.45, 2.75) is 9.79 Å². The number of nitrogens with zero attached hydrogens (tertiary/aromatic N) is 1. The van der Waals surface area contributed by atoms with Crippen LogP contribution >= 0.6 is 11.8 Å². The Morgan fingerprint density at radius 2 is 1.89 bits per heavy atom. The maximum Gasteiger partial charge on any atom is 0.250 e. The van der Waals surface area contributed by atoms with Crippen molar-refractivity contribution in [3.8, 4) is 0 Å². The molecule has 1 amide bonds. The summed E-state index contributed by atoms with van der Waals surface area (Å²) in [6.07, 6.45) is 0.577. The smallest absolute Gasteiger partial charge is 0.250 e. The van der Waals surface area contributed by atoms with E-state index in [9.17, 15) is 18.0 Å². The minimum Gasteiger partial charge on any atom is -0.366 e. The van der Waals surface area contributed by atoms with E-state index in [1.54, 1.807) is 12.1 Å². The zero-order valence-corrected chi connectivity index (χ0v) is 10.2. The number of aromatic nitrogens is 1. The summed E-state index contributed by atoms with van der Waals surface area (Å²) in [5, 5.41) is 0. The first-order valence-corrected chi connectivity index (χ1v) is 5.88. The molecule has 19 heavy (non-hydrogen) atoms. The van der Waals surface area contributed by atoms with Gasteiger partial charge in [0.2, 0.25) is 11.9 Å². The highest BCUT2D eigenvalue weighted by Crippen LogP contribution is 2.34. The number of benzene rings is 1. The van der Waals surface area contributed by atoms with Crippen LogP contribution in [-0.2, 0) is 0 Å². The van der Waals surface area contributed by atoms with E-state index in [1.807, 2.05) is 0 Å². The summed E-state index contributed by atoms with van der Waals surface area (Å²) in [6, 6.07) is 6.01. The molecule has 0 saturated heterocycles. The summed E-state index contributed by atoms with van der Waals surface area (Å²) >= 11 is 0.579. The van der Waals surface area contributed by atoms with E-state index in [2.05, 4.69) is 4.98 Å². The van der Waals surface area contributed by atoms with E-state index in [1.165, 1.54) is 12.1 Å². The van der Waals surface area contributed by atoms with Crippen LogP contribution in [0.25, 0.3) is 0 Å². The van der Waals surface area contributed by atoms with Gasteiger partial charge in [0.25, 0.3) is 0 Å². The number of hydrogen-bond donors (Lipinski definition) is 1. The van der Waals surface area contributed by atoms with Gasteiger partial charge >= 0.3 is 0 Å². The van der Waals surface area contributed by atoms with E-state index in [4.69, 9.17) is 5.73 Å². The third-order valence-electron chi connectivity index (χ3n) is 2.25. The van der Waals surface area contributed by atoms with E-state index >= 15 is 0 Å². The average Bonchev–Trinajstić information content (AvgIpc) is 2.39. The molecule has 2 N–H and O–H groups in total. The molecule has 0 aliphatic heterocycles. The minimum atomic E-state index is -1.40. The Labute approximate surface area is 110 Å². The molecular formula is C12H7F3N2OS. The number of pyridine rings is 1. The molecule has 1 aromatic heterocycles. The lowest BCUT2D eigenvalue weighted by Gasteiger charge is -2.07. The first-order chi connectivity index (χ1) is 9.00. The summed E-state index contributed by atoms with van der Waals surface area (Å²) in [5.74, 6) is -4.55. The second kappa shape index (κ2) is 5.31. The van der Waals surface area contributed by atoms with Crippen LogP contribution in [0, 0.1) is 17.6 Å². The molecule has 98 valence electrons. The number of halogens is 3. The van der Waals surface area contributed by atoms with Crippen molar-refractivity contribution >= 4 is 17.7 Å². The van der Waals surface area contributed by atoms with Gasteiger partial charge in [0, 0.05) is 4.90 Å². The van der Waals surface area contributed by atoms with Crippen LogP contribution in [0.1, 0.15) is 10.4 Å². The van der Waals surface area contributed by atoms with Gasteiger partial charge < -0.3 is 5.73 Å². The fourth-order valence-corrected chi connectivity index (χ4v) is 2.36. The molecule has 0 radical (unpaired) electrons. The number of amides is 1. The molecular weight excluding hydrogens is 277 g/mol. The van der Waals surface area contributed by atoms with Gasteiger partial charge in [-0.1, -0.05) is 23.9 Å². The van der Waals surface area contributed by atoms with Crippen molar-refractivity contribution in [1.29, 1.82) is 0 Å². The van der Waals surface area contributed by atoms with Gasteiger partial charge in [-0.25, -0.2) is 13.8 Å². The van der Waals surface area contributed by atoms with Crippen LogP contribution in [-0.4, -0.2) is 10.9 Å². The Morgan fingerprint density at radius 1 is 1.21 bits per heavy atom. The summed E-state index contributed by atoms with van der Waals surface area (Å²) in [4.78, 5) is 13.8. The van der Waals surface area contributed by atoms with Gasteiger partial charge in [0.1, 0.15) is 0 Å². The Balaban J connectivity index is 2.48. The minimum absolute atomic E-state index is 0.100. The molecule has 1 aromatic carbocycles. The second-order valence-electron chi connectivity index (χ2n) is 3.50. The second-order valence-corrected chi connectivity index (χ2v) is 4.55. The SMILES string of the molecule is NC(=O)c1ccccc1Sc1c(F)cnc(F)c1F. The van der Waals surface area contributed by atoms with E-state index in [0.717, 1.165) is 0 Å². The summed E-state index contributed by atoms with van der Waals surface area (Å²) < 4.78 is 39.9. The quantitative estimate of drug-likeness (QED) is 0.882. The van der Waals surface area contributed by atoms with Crippen molar-refractivity contribution in [2.24, 2.45) is 5.73 Å². The zero-order chi connectivity index (χ0) is 14.0. The third-order valence-corrected chi connectivity index (χ3v) is 3.41. The van der Waals surface area contributed by atoms with E-state index < -0.39 is 28.4 Å². The molecule has 0 aliphatic carbocycles. The van der Waals surface area contributed by atoms with Crippen LogP contribution in [0.3, 0.4) is 0 Å². The van der Waals surface area contributed by atoms with Crippen LogP contribution in [0.2, 0.25) is 0 Å². The number of rotatable bonds is 3. The van der Waals surface area contributed by atoms with Crippen LogP contribution in [0.5, 0.6) is 0 Å². The summed E-state index contributed by atoms with van der Waals surface area (Å²) in [5.41, 5.74) is 5.25. The standard InChI is InChI=1S/C12H7F3N2OS/c13-7-5-17-11(15)9(14)10(7)19-8-4-2-1-3-6(8)12(16)18/h1-5H,(H2,16,18). The molecule has 0 bridgehead atoms. The van der Waals surface area contributed by atoms with E-state index in [-0.39, 0.29) is 10.5 Å². The Morgan fingerprint density at radius 3 is 2.58 bits per heavy atom.